The first-order valence-corrected chi connectivity index (χ1v) is 8.74. The average molecular weight is 326 g/mol. The maximum atomic E-state index is 5.67. The van der Waals surface area contributed by atoms with Gasteiger partial charge in [0.2, 0.25) is 5.95 Å². The fourth-order valence-electron chi connectivity index (χ4n) is 2.94. The van der Waals surface area contributed by atoms with Crippen LogP contribution in [0.1, 0.15) is 31.0 Å². The van der Waals surface area contributed by atoms with E-state index in [1.165, 1.54) is 5.56 Å². The molecule has 0 saturated carbocycles. The van der Waals surface area contributed by atoms with Crippen LogP contribution in [0, 0.1) is 6.92 Å². The second-order valence-corrected chi connectivity index (χ2v) is 6.21. The van der Waals surface area contributed by atoms with Crippen molar-refractivity contribution in [1.29, 1.82) is 0 Å². The van der Waals surface area contributed by atoms with E-state index in [1.807, 2.05) is 19.1 Å². The summed E-state index contributed by atoms with van der Waals surface area (Å²) < 4.78 is 5.67. The quantitative estimate of drug-likeness (QED) is 0.845. The molecule has 24 heavy (non-hydrogen) atoms. The molecule has 5 heteroatoms. The minimum absolute atomic E-state index is 0.301. The SMILES string of the molecule is CCN(Cc1ccccc1)c1nc(C)cc(NCC2CCCO2)n1. The maximum absolute atomic E-state index is 5.67. The van der Waals surface area contributed by atoms with Gasteiger partial charge in [-0.05, 0) is 32.3 Å². The summed E-state index contributed by atoms with van der Waals surface area (Å²) in [6.45, 7) is 7.50. The summed E-state index contributed by atoms with van der Waals surface area (Å²) in [5.74, 6) is 1.65. The Morgan fingerprint density at radius 3 is 2.79 bits per heavy atom. The maximum Gasteiger partial charge on any atom is 0.227 e. The number of aryl methyl sites for hydroxylation is 1. The summed E-state index contributed by atoms with van der Waals surface area (Å²) in [5.41, 5.74) is 2.24. The Morgan fingerprint density at radius 1 is 1.25 bits per heavy atom. The van der Waals surface area contributed by atoms with Crippen molar-refractivity contribution < 1.29 is 4.74 Å². The number of nitrogens with zero attached hydrogens (tertiary/aromatic N) is 3. The summed E-state index contributed by atoms with van der Waals surface area (Å²) >= 11 is 0. The molecule has 5 nitrogen and oxygen atoms in total. The zero-order chi connectivity index (χ0) is 16.8. The molecule has 3 rings (SSSR count). The Bertz CT molecular complexity index is 641. The first-order chi connectivity index (χ1) is 11.7. The third-order valence-electron chi connectivity index (χ3n) is 4.26. The van der Waals surface area contributed by atoms with Gasteiger partial charge < -0.3 is 15.0 Å². The van der Waals surface area contributed by atoms with Crippen LogP contribution in [0.2, 0.25) is 0 Å². The zero-order valence-electron chi connectivity index (χ0n) is 14.5. The van der Waals surface area contributed by atoms with Crippen molar-refractivity contribution in [2.24, 2.45) is 0 Å². The minimum Gasteiger partial charge on any atom is -0.376 e. The summed E-state index contributed by atoms with van der Waals surface area (Å²) in [7, 11) is 0. The highest BCUT2D eigenvalue weighted by Crippen LogP contribution is 2.18. The summed E-state index contributed by atoms with van der Waals surface area (Å²) in [4.78, 5) is 11.5. The third-order valence-corrected chi connectivity index (χ3v) is 4.26. The van der Waals surface area contributed by atoms with Gasteiger partial charge in [0.15, 0.2) is 0 Å². The smallest absolute Gasteiger partial charge is 0.227 e. The van der Waals surface area contributed by atoms with Gasteiger partial charge in [-0.3, -0.25) is 0 Å². The van der Waals surface area contributed by atoms with Crippen molar-refractivity contribution in [3.05, 3.63) is 47.7 Å². The van der Waals surface area contributed by atoms with Crippen LogP contribution < -0.4 is 10.2 Å². The normalized spacial score (nSPS) is 17.0. The van der Waals surface area contributed by atoms with E-state index in [0.717, 1.165) is 56.5 Å². The fraction of sp³-hybridized carbons (Fsp3) is 0.474. The van der Waals surface area contributed by atoms with Gasteiger partial charge in [0.25, 0.3) is 0 Å². The van der Waals surface area contributed by atoms with Crippen molar-refractivity contribution >= 4 is 11.8 Å². The second kappa shape index (κ2) is 8.11. The highest BCUT2D eigenvalue weighted by Gasteiger charge is 2.16. The van der Waals surface area contributed by atoms with Crippen molar-refractivity contribution in [3.8, 4) is 0 Å². The highest BCUT2D eigenvalue weighted by atomic mass is 16.5. The van der Waals surface area contributed by atoms with Gasteiger partial charge >= 0.3 is 0 Å². The Hall–Kier alpha value is -2.14. The zero-order valence-corrected chi connectivity index (χ0v) is 14.5. The van der Waals surface area contributed by atoms with Crippen LogP contribution in [0.15, 0.2) is 36.4 Å². The Balaban J connectivity index is 1.70. The molecule has 1 aliphatic heterocycles. The lowest BCUT2D eigenvalue weighted by molar-refractivity contribution is 0.120. The third kappa shape index (κ3) is 4.45. The molecule has 0 aliphatic carbocycles. The van der Waals surface area contributed by atoms with Crippen LogP contribution in [0.5, 0.6) is 0 Å². The summed E-state index contributed by atoms with van der Waals surface area (Å²) in [6, 6.07) is 12.4. The number of aromatic nitrogens is 2. The lowest BCUT2D eigenvalue weighted by Crippen LogP contribution is -2.25. The van der Waals surface area contributed by atoms with Gasteiger partial charge in [-0.2, -0.15) is 4.98 Å². The molecule has 0 amide bonds. The average Bonchev–Trinajstić information content (AvgIpc) is 3.12. The largest absolute Gasteiger partial charge is 0.376 e. The van der Waals surface area contributed by atoms with Crippen molar-refractivity contribution in [3.63, 3.8) is 0 Å². The highest BCUT2D eigenvalue weighted by molar-refractivity contribution is 5.44. The summed E-state index contributed by atoms with van der Waals surface area (Å²) in [6.07, 6.45) is 2.58. The van der Waals surface area contributed by atoms with E-state index < -0.39 is 0 Å². The molecule has 1 fully saturated rings. The standard InChI is InChI=1S/C19H26N4O/c1-3-23(14-16-8-5-4-6-9-16)19-21-15(2)12-18(22-19)20-13-17-10-7-11-24-17/h4-6,8-9,12,17H,3,7,10-11,13-14H2,1-2H3,(H,20,21,22). The molecular weight excluding hydrogens is 300 g/mol. The first kappa shape index (κ1) is 16.7. The Morgan fingerprint density at radius 2 is 2.08 bits per heavy atom. The van der Waals surface area contributed by atoms with Crippen LogP contribution in [-0.2, 0) is 11.3 Å². The molecule has 1 atom stereocenters. The molecule has 128 valence electrons. The summed E-state index contributed by atoms with van der Waals surface area (Å²) in [5, 5.41) is 3.41. The predicted molar refractivity (Wildman–Crippen MR) is 97.4 cm³/mol. The number of anilines is 2. The van der Waals surface area contributed by atoms with Crippen LogP contribution >= 0.6 is 0 Å². The number of benzene rings is 1. The molecule has 0 bridgehead atoms. The van der Waals surface area contributed by atoms with Gasteiger partial charge in [-0.15, -0.1) is 0 Å². The Kier molecular flexibility index (Phi) is 5.64. The monoisotopic (exact) mass is 326 g/mol. The van der Waals surface area contributed by atoms with Gasteiger partial charge in [0.1, 0.15) is 5.82 Å². The fourth-order valence-corrected chi connectivity index (χ4v) is 2.94. The molecule has 1 unspecified atom stereocenters. The number of rotatable bonds is 7. The molecular formula is C19H26N4O. The van der Waals surface area contributed by atoms with Crippen LogP contribution in [0.25, 0.3) is 0 Å². The molecule has 0 radical (unpaired) electrons. The predicted octanol–water partition coefficient (Wildman–Crippen LogP) is 3.40. The molecule has 2 heterocycles. The van der Waals surface area contributed by atoms with E-state index in [1.54, 1.807) is 0 Å². The van der Waals surface area contributed by atoms with Gasteiger partial charge in [0.05, 0.1) is 6.10 Å². The van der Waals surface area contributed by atoms with Crippen LogP contribution in [0.3, 0.4) is 0 Å². The van der Waals surface area contributed by atoms with E-state index in [-0.39, 0.29) is 0 Å². The van der Waals surface area contributed by atoms with Crippen LogP contribution in [-0.4, -0.2) is 35.8 Å². The van der Waals surface area contributed by atoms with Crippen molar-refractivity contribution in [2.45, 2.75) is 39.3 Å². The number of nitrogens with one attached hydrogen (secondary N) is 1. The lowest BCUT2D eigenvalue weighted by atomic mass is 10.2. The molecule has 1 aromatic carbocycles. The molecule has 1 aliphatic rings. The van der Waals surface area contributed by atoms with Gasteiger partial charge in [0, 0.05) is 38.0 Å². The van der Waals surface area contributed by atoms with E-state index in [9.17, 15) is 0 Å². The molecule has 1 N–H and O–H groups in total. The minimum atomic E-state index is 0.301. The number of hydrogen-bond acceptors (Lipinski definition) is 5. The van der Waals surface area contributed by atoms with E-state index in [2.05, 4.69) is 46.4 Å². The van der Waals surface area contributed by atoms with E-state index in [4.69, 9.17) is 9.72 Å². The van der Waals surface area contributed by atoms with Gasteiger partial charge in [-0.25, -0.2) is 4.98 Å². The van der Waals surface area contributed by atoms with E-state index in [0.29, 0.717) is 6.10 Å². The number of hydrogen-bond donors (Lipinski definition) is 1. The molecule has 1 saturated heterocycles. The molecule has 1 aromatic heterocycles. The Labute approximate surface area is 144 Å². The van der Waals surface area contributed by atoms with Crippen LogP contribution in [0.4, 0.5) is 11.8 Å². The van der Waals surface area contributed by atoms with Crippen molar-refractivity contribution in [1.82, 2.24) is 9.97 Å². The number of ether oxygens (including phenoxy) is 1. The van der Waals surface area contributed by atoms with Crippen molar-refractivity contribution in [2.75, 3.05) is 29.9 Å². The first-order valence-electron chi connectivity index (χ1n) is 8.74. The van der Waals surface area contributed by atoms with Gasteiger partial charge in [-0.1, -0.05) is 30.3 Å². The topological polar surface area (TPSA) is 50.3 Å². The molecule has 0 spiro atoms. The van der Waals surface area contributed by atoms with E-state index >= 15 is 0 Å². The second-order valence-electron chi connectivity index (χ2n) is 6.21. The lowest BCUT2D eigenvalue weighted by Gasteiger charge is -2.22. The molecule has 2 aromatic rings.